The smallest absolute Gasteiger partial charge is 0.303 e. The van der Waals surface area contributed by atoms with Gasteiger partial charge in [-0.1, -0.05) is 0 Å². The Morgan fingerprint density at radius 2 is 0.941 bits per heavy atom. The minimum Gasteiger partial charge on any atom is -0.481 e. The number of carbonyl (C=O) groups is 3. The maximum Gasteiger partial charge on any atom is 0.303 e. The molecule has 0 aliphatic carbocycles. The number of benzene rings is 3. The number of aryl methyl sites for hydroxylation is 6. The van der Waals surface area contributed by atoms with Crippen molar-refractivity contribution < 1.29 is 49.8 Å². The van der Waals surface area contributed by atoms with E-state index < -0.39 is 17.9 Å². The fourth-order valence-electron chi connectivity index (χ4n) is 8.19. The first-order valence-corrected chi connectivity index (χ1v) is 23.5. The maximum absolute atomic E-state index is 10.6. The molecule has 4 heterocycles. The van der Waals surface area contributed by atoms with Crippen molar-refractivity contribution in [1.82, 2.24) is 28.7 Å². The Morgan fingerprint density at radius 1 is 0.574 bits per heavy atom. The second-order valence-corrected chi connectivity index (χ2v) is 16.8. The van der Waals surface area contributed by atoms with E-state index in [0.717, 1.165) is 88.3 Å². The summed E-state index contributed by atoms with van der Waals surface area (Å²) < 4.78 is 11.4. The number of carboxylic acid groups (broad SMARTS) is 3. The van der Waals surface area contributed by atoms with Crippen LogP contribution in [0.25, 0.3) is 33.1 Å². The molecule has 370 valence electrons. The highest BCUT2D eigenvalue weighted by Gasteiger charge is 2.16. The maximum atomic E-state index is 10.6. The van der Waals surface area contributed by atoms with Crippen molar-refractivity contribution in [2.45, 2.75) is 57.8 Å². The van der Waals surface area contributed by atoms with Crippen LogP contribution < -0.4 is 14.7 Å². The van der Waals surface area contributed by atoms with Crippen LogP contribution in [0.5, 0.6) is 0 Å². The third-order valence-corrected chi connectivity index (χ3v) is 12.0. The fourth-order valence-corrected chi connectivity index (χ4v) is 8.40. The number of aromatic nitrogens is 6. The van der Waals surface area contributed by atoms with Crippen molar-refractivity contribution in [1.29, 1.82) is 0 Å². The van der Waals surface area contributed by atoms with E-state index in [1.54, 1.807) is 0 Å². The van der Waals surface area contributed by atoms with E-state index in [4.69, 9.17) is 41.9 Å². The number of anilines is 3. The van der Waals surface area contributed by atoms with Crippen molar-refractivity contribution in [2.75, 3.05) is 92.9 Å². The summed E-state index contributed by atoms with van der Waals surface area (Å²) in [4.78, 5) is 52.0. The highest BCUT2D eigenvalue weighted by atomic mass is 35.5. The summed E-state index contributed by atoms with van der Waals surface area (Å²) >= 11 is 5.82. The lowest BCUT2D eigenvalue weighted by Crippen LogP contribution is -2.36. The molecule has 0 radical (unpaired) electrons. The van der Waals surface area contributed by atoms with Crippen molar-refractivity contribution in [3.63, 3.8) is 0 Å². The lowest BCUT2D eigenvalue weighted by Gasteiger charge is -2.28. The van der Waals surface area contributed by atoms with Gasteiger partial charge in [0.1, 0.15) is 17.5 Å². The van der Waals surface area contributed by atoms with E-state index in [9.17, 15) is 19.5 Å². The van der Waals surface area contributed by atoms with E-state index >= 15 is 0 Å². The van der Waals surface area contributed by atoms with Crippen LogP contribution in [0.2, 0.25) is 0 Å². The molecule has 0 amide bonds. The monoisotopic (exact) mass is 963 g/mol. The zero-order valence-electron chi connectivity index (χ0n) is 39.3. The van der Waals surface area contributed by atoms with Crippen molar-refractivity contribution in [3.05, 3.63) is 72.1 Å². The minimum absolute atomic E-state index is 0.0146. The number of nitrogens with zero attached hydrogens (tertiary/aromatic N) is 9. The molecule has 1 saturated heterocycles. The number of ether oxygens (including phenoxy) is 1. The summed E-state index contributed by atoms with van der Waals surface area (Å²) in [5, 5.41) is 53.6. The number of halogens is 1. The number of hydrogen-bond acceptors (Lipinski definition) is 13. The third kappa shape index (κ3) is 14.8. The molecule has 1 aliphatic rings. The van der Waals surface area contributed by atoms with E-state index in [1.165, 1.54) is 5.69 Å². The van der Waals surface area contributed by atoms with E-state index in [1.807, 2.05) is 76.5 Å². The standard InChI is InChI=1S/C16H22ClN3O3.C16H23N3O4.C16H21N3O3/c1-19-14-6-5-12(20(8-7-17)9-10-21)11-13(14)18-15(19)3-2-4-16(22)23;1-18-14-6-5-12(19(7-9-20)8-10-21)11-13(14)17-15(18)3-2-4-16(22)23;1-18-14-6-5-12(19-7-9-22-10-8-19)11-13(14)17-15(18)3-2-4-16(20)21/h5-6,11,21H,2-4,7-10H2,1H3,(H,22,23);5-6,11,20-21H,2-4,7-10H2,1H3,(H,22,23);5-6,11H,2-4,7-10H2,1H3,(H,20,21). The molecule has 7 rings (SSSR count). The topological polar surface area (TPSA) is 245 Å². The molecule has 0 saturated carbocycles. The Balaban J connectivity index is 0.000000191. The quantitative estimate of drug-likeness (QED) is 0.0481. The summed E-state index contributed by atoms with van der Waals surface area (Å²) in [6.45, 7) is 5.52. The van der Waals surface area contributed by atoms with Gasteiger partial charge in [0.15, 0.2) is 0 Å². The van der Waals surface area contributed by atoms with Crippen LogP contribution in [-0.4, -0.2) is 155 Å². The summed E-state index contributed by atoms with van der Waals surface area (Å²) in [5.74, 6) is 0.824. The number of aliphatic hydroxyl groups excluding tert-OH is 3. The van der Waals surface area contributed by atoms with Crippen molar-refractivity contribution in [2.24, 2.45) is 21.1 Å². The largest absolute Gasteiger partial charge is 0.481 e. The first-order valence-electron chi connectivity index (χ1n) is 23.0. The average Bonchev–Trinajstić information content (AvgIpc) is 3.93. The molecular weight excluding hydrogens is 898 g/mol. The van der Waals surface area contributed by atoms with Crippen LogP contribution in [0.3, 0.4) is 0 Å². The van der Waals surface area contributed by atoms with Crippen LogP contribution in [0, 0.1) is 0 Å². The lowest BCUT2D eigenvalue weighted by molar-refractivity contribution is -0.138. The SMILES string of the molecule is Cn1c(CCCC(=O)O)nc2cc(N(CCO)CCCl)ccc21.Cn1c(CCCC(=O)O)nc2cc(N(CCO)CCO)ccc21.Cn1c(CCCC(=O)O)nc2cc(N3CCOCC3)ccc21. The first-order chi connectivity index (χ1) is 32.8. The molecule has 20 heteroatoms. The van der Waals surface area contributed by atoms with Crippen LogP contribution >= 0.6 is 11.6 Å². The van der Waals surface area contributed by atoms with Crippen LogP contribution in [0.4, 0.5) is 17.1 Å². The van der Waals surface area contributed by atoms with Crippen LogP contribution in [0.1, 0.15) is 56.0 Å². The molecule has 0 atom stereocenters. The number of aliphatic hydroxyl groups is 3. The van der Waals surface area contributed by atoms with Crippen LogP contribution in [0.15, 0.2) is 54.6 Å². The normalized spacial score (nSPS) is 12.5. The number of alkyl halides is 1. The van der Waals surface area contributed by atoms with Gasteiger partial charge < -0.3 is 63.8 Å². The predicted octanol–water partition coefficient (Wildman–Crippen LogP) is 4.61. The van der Waals surface area contributed by atoms with Gasteiger partial charge in [0.2, 0.25) is 0 Å². The number of hydrogen-bond donors (Lipinski definition) is 6. The summed E-state index contributed by atoms with van der Waals surface area (Å²) in [5.41, 5.74) is 8.79. The molecule has 3 aromatic carbocycles. The molecule has 0 spiro atoms. The summed E-state index contributed by atoms with van der Waals surface area (Å²) in [6, 6.07) is 18.1. The molecule has 6 N–H and O–H groups in total. The molecule has 6 aromatic rings. The molecule has 1 aliphatic heterocycles. The number of rotatable bonds is 23. The van der Waals surface area contributed by atoms with Gasteiger partial charge in [0, 0.05) is 122 Å². The number of aliphatic carboxylic acids is 3. The van der Waals surface area contributed by atoms with E-state index in [0.29, 0.717) is 70.6 Å². The number of imidazole rings is 3. The molecule has 3 aromatic heterocycles. The molecule has 0 unspecified atom stereocenters. The Labute approximate surface area is 400 Å². The summed E-state index contributed by atoms with van der Waals surface area (Å²) in [6.07, 6.45) is 4.14. The lowest BCUT2D eigenvalue weighted by atomic mass is 10.2. The highest BCUT2D eigenvalue weighted by molar-refractivity contribution is 6.18. The van der Waals surface area contributed by atoms with Gasteiger partial charge in [-0.15, -0.1) is 11.6 Å². The van der Waals surface area contributed by atoms with Gasteiger partial charge in [0.25, 0.3) is 0 Å². The number of fused-ring (bicyclic) bond motifs is 3. The predicted molar refractivity (Wildman–Crippen MR) is 263 cm³/mol. The van der Waals surface area contributed by atoms with Gasteiger partial charge in [-0.3, -0.25) is 14.4 Å². The minimum atomic E-state index is -0.797. The molecule has 1 fully saturated rings. The highest BCUT2D eigenvalue weighted by Crippen LogP contribution is 2.26. The Hall–Kier alpha value is -5.99. The molecule has 68 heavy (non-hydrogen) atoms. The van der Waals surface area contributed by atoms with Gasteiger partial charge in [-0.05, 0) is 73.9 Å². The Kier molecular flexibility index (Phi) is 20.7. The molecule has 0 bridgehead atoms. The van der Waals surface area contributed by atoms with Gasteiger partial charge in [-0.25, -0.2) is 15.0 Å². The van der Waals surface area contributed by atoms with Gasteiger partial charge >= 0.3 is 17.9 Å². The summed E-state index contributed by atoms with van der Waals surface area (Å²) in [7, 11) is 5.85. The van der Waals surface area contributed by atoms with E-state index in [-0.39, 0.29) is 39.1 Å². The Morgan fingerprint density at radius 3 is 1.31 bits per heavy atom. The molecular formula is C48H66ClN9O10. The first kappa shape index (κ1) is 53.0. The zero-order chi connectivity index (χ0) is 49.2. The second-order valence-electron chi connectivity index (χ2n) is 16.5. The number of carboxylic acids is 3. The van der Waals surface area contributed by atoms with Crippen LogP contribution in [-0.2, 0) is 59.5 Å². The number of morpholine rings is 1. The van der Waals surface area contributed by atoms with E-state index in [2.05, 4.69) is 42.6 Å². The second kappa shape index (κ2) is 26.5. The van der Waals surface area contributed by atoms with Crippen molar-refractivity contribution >= 4 is 79.7 Å². The molecule has 19 nitrogen and oxygen atoms in total. The van der Waals surface area contributed by atoms with Crippen molar-refractivity contribution in [3.8, 4) is 0 Å². The van der Waals surface area contributed by atoms with Gasteiger partial charge in [-0.2, -0.15) is 0 Å². The zero-order valence-corrected chi connectivity index (χ0v) is 40.0. The fraction of sp³-hybridized carbons (Fsp3) is 0.500. The Bertz CT molecular complexity index is 2440. The average molecular weight is 965 g/mol. The van der Waals surface area contributed by atoms with Gasteiger partial charge in [0.05, 0.1) is 66.1 Å². The third-order valence-electron chi connectivity index (χ3n) is 11.8.